The van der Waals surface area contributed by atoms with Crippen molar-refractivity contribution >= 4 is 34.2 Å². The Morgan fingerprint density at radius 3 is 1.06 bits per heavy atom. The van der Waals surface area contributed by atoms with Gasteiger partial charge in [-0.2, -0.15) is 26.3 Å². The first-order valence-corrected chi connectivity index (χ1v) is 11.2. The molecule has 2 aromatic carbocycles. The molecule has 4 aromatic rings. The second-order valence-electron chi connectivity index (χ2n) is 7.14. The zero-order valence-electron chi connectivity index (χ0n) is 16.8. The molecular weight excluding hydrogens is 498 g/mol. The first-order valence-electron chi connectivity index (χ1n) is 9.57. The van der Waals surface area contributed by atoms with Crippen LogP contribution >= 0.6 is 22.7 Å². The summed E-state index contributed by atoms with van der Waals surface area (Å²) in [5.74, 6) is -3.79. The molecule has 0 saturated heterocycles. The van der Waals surface area contributed by atoms with Gasteiger partial charge in [0.1, 0.15) is 0 Å². The van der Waals surface area contributed by atoms with Gasteiger partial charge in [-0.1, -0.05) is 48.5 Å². The molecule has 0 fully saturated rings. The first-order chi connectivity index (χ1) is 15.9. The van der Waals surface area contributed by atoms with Gasteiger partial charge in [-0.05, 0) is 35.4 Å². The third-order valence-electron chi connectivity index (χ3n) is 4.83. The largest absolute Gasteiger partial charge is 0.454 e. The molecule has 0 atom stereocenters. The molecule has 0 unspecified atom stereocenters. The number of ketones is 2. The van der Waals surface area contributed by atoms with Crippen LogP contribution in [0.2, 0.25) is 0 Å². The quantitative estimate of drug-likeness (QED) is 0.200. The third-order valence-corrected chi connectivity index (χ3v) is 7.30. The van der Waals surface area contributed by atoms with Crippen LogP contribution in [0.5, 0.6) is 0 Å². The average molecular weight is 510 g/mol. The summed E-state index contributed by atoms with van der Waals surface area (Å²) in [5, 5.41) is 0. The number of Topliss-reactive ketones (excluding diaryl/α,β-unsaturated/α-hetero) is 2. The molecule has 0 aliphatic heterocycles. The molecule has 0 saturated carbocycles. The van der Waals surface area contributed by atoms with E-state index in [4.69, 9.17) is 0 Å². The van der Waals surface area contributed by atoms with Crippen LogP contribution in [0.1, 0.15) is 20.7 Å². The van der Waals surface area contributed by atoms with Gasteiger partial charge in [-0.3, -0.25) is 9.59 Å². The van der Waals surface area contributed by atoms with E-state index in [1.165, 1.54) is 46.9 Å². The highest BCUT2D eigenvalue weighted by Gasteiger charge is 2.39. The van der Waals surface area contributed by atoms with E-state index in [2.05, 4.69) is 0 Å². The second-order valence-corrected chi connectivity index (χ2v) is 9.30. The fourth-order valence-electron chi connectivity index (χ4n) is 3.15. The van der Waals surface area contributed by atoms with Crippen LogP contribution in [-0.4, -0.2) is 23.9 Å². The van der Waals surface area contributed by atoms with E-state index in [1.54, 1.807) is 0 Å². The number of rotatable bonds is 5. The summed E-state index contributed by atoms with van der Waals surface area (Å²) in [5.41, 5.74) is 0.464. The van der Waals surface area contributed by atoms with Gasteiger partial charge < -0.3 is 0 Å². The standard InChI is InChI=1S/C24H12F6O2S2/c25-23(26,27)21(31)15-5-1-13(2-6-15)17-9-11-19(33-17)20-12-10-18(34-20)14-3-7-16(8-4-14)22(32)24(28,29)30/h1-12H. The minimum atomic E-state index is -4.93. The third kappa shape index (κ3) is 4.97. The SMILES string of the molecule is O=C(c1ccc(-c2ccc(-c3ccc(-c4ccc(C(=O)C(F)(F)F)cc4)s3)s2)cc1)C(F)(F)F. The number of halogens is 6. The number of hydrogen-bond acceptors (Lipinski definition) is 4. The number of benzene rings is 2. The summed E-state index contributed by atoms with van der Waals surface area (Å²) in [6.45, 7) is 0. The highest BCUT2D eigenvalue weighted by atomic mass is 32.1. The lowest BCUT2D eigenvalue weighted by atomic mass is 10.1. The van der Waals surface area contributed by atoms with Crippen molar-refractivity contribution in [2.45, 2.75) is 12.4 Å². The van der Waals surface area contributed by atoms with Gasteiger partial charge in [0.15, 0.2) is 0 Å². The Morgan fingerprint density at radius 1 is 0.471 bits per heavy atom. The Labute approximate surface area is 197 Å². The van der Waals surface area contributed by atoms with Gasteiger partial charge in [-0.25, -0.2) is 0 Å². The van der Waals surface area contributed by atoms with E-state index in [0.29, 0.717) is 11.1 Å². The monoisotopic (exact) mass is 510 g/mol. The predicted molar refractivity (Wildman–Crippen MR) is 119 cm³/mol. The van der Waals surface area contributed by atoms with Crippen molar-refractivity contribution in [1.29, 1.82) is 0 Å². The van der Waals surface area contributed by atoms with Crippen molar-refractivity contribution in [3.8, 4) is 30.6 Å². The van der Waals surface area contributed by atoms with Gasteiger partial charge >= 0.3 is 12.4 Å². The van der Waals surface area contributed by atoms with E-state index in [0.717, 1.165) is 43.8 Å². The fourth-order valence-corrected chi connectivity index (χ4v) is 5.26. The molecule has 2 aromatic heterocycles. The Balaban J connectivity index is 1.52. The lowest BCUT2D eigenvalue weighted by Gasteiger charge is -2.05. The second kappa shape index (κ2) is 8.84. The molecule has 0 aliphatic carbocycles. The topological polar surface area (TPSA) is 34.1 Å². The Kier molecular flexibility index (Phi) is 6.22. The summed E-state index contributed by atoms with van der Waals surface area (Å²) in [6, 6.07) is 17.7. The molecule has 0 bridgehead atoms. The first kappa shape index (κ1) is 23.9. The van der Waals surface area contributed by atoms with Crippen molar-refractivity contribution in [1.82, 2.24) is 0 Å². The lowest BCUT2D eigenvalue weighted by Crippen LogP contribution is -2.22. The highest BCUT2D eigenvalue weighted by Crippen LogP contribution is 2.40. The summed E-state index contributed by atoms with van der Waals surface area (Å²) in [4.78, 5) is 26.0. The normalized spacial score (nSPS) is 12.1. The van der Waals surface area contributed by atoms with Crippen molar-refractivity contribution in [2.24, 2.45) is 0 Å². The van der Waals surface area contributed by atoms with E-state index in [-0.39, 0.29) is 0 Å². The highest BCUT2D eigenvalue weighted by molar-refractivity contribution is 7.25. The molecule has 2 heterocycles. The predicted octanol–water partition coefficient (Wildman–Crippen LogP) is 8.30. The van der Waals surface area contributed by atoms with E-state index in [9.17, 15) is 35.9 Å². The van der Waals surface area contributed by atoms with Crippen LogP contribution in [0, 0.1) is 0 Å². The summed E-state index contributed by atoms with van der Waals surface area (Å²) < 4.78 is 75.4. The van der Waals surface area contributed by atoms with Gasteiger partial charge in [-0.15, -0.1) is 22.7 Å². The van der Waals surface area contributed by atoms with Crippen molar-refractivity contribution in [3.05, 3.63) is 83.9 Å². The van der Waals surface area contributed by atoms with Gasteiger partial charge in [0.05, 0.1) is 0 Å². The van der Waals surface area contributed by atoms with Crippen LogP contribution in [0.4, 0.5) is 26.3 Å². The molecule has 174 valence electrons. The average Bonchev–Trinajstić information content (AvgIpc) is 3.47. The Bertz CT molecular complexity index is 1240. The zero-order valence-corrected chi connectivity index (χ0v) is 18.5. The maximum absolute atomic E-state index is 12.6. The van der Waals surface area contributed by atoms with Gasteiger partial charge in [0, 0.05) is 30.6 Å². The zero-order chi connectivity index (χ0) is 24.7. The molecule has 0 spiro atoms. The van der Waals surface area contributed by atoms with E-state index < -0.39 is 35.0 Å². The molecule has 10 heteroatoms. The molecule has 4 rings (SSSR count). The number of hydrogen-bond donors (Lipinski definition) is 0. The minimum Gasteiger partial charge on any atom is -0.284 e. The van der Waals surface area contributed by atoms with E-state index in [1.807, 2.05) is 24.3 Å². The number of thiophene rings is 2. The molecule has 34 heavy (non-hydrogen) atoms. The lowest BCUT2D eigenvalue weighted by molar-refractivity contribution is -0.0888. The number of carbonyl (C=O) groups excluding carboxylic acids is 2. The molecule has 0 aliphatic rings. The molecule has 0 amide bonds. The van der Waals surface area contributed by atoms with Crippen molar-refractivity contribution in [3.63, 3.8) is 0 Å². The van der Waals surface area contributed by atoms with E-state index >= 15 is 0 Å². The minimum absolute atomic E-state index is 0.432. The Hall–Kier alpha value is -3.24. The summed E-state index contributed by atoms with van der Waals surface area (Å²) in [7, 11) is 0. The van der Waals surface area contributed by atoms with Crippen LogP contribution in [0.25, 0.3) is 30.6 Å². The smallest absolute Gasteiger partial charge is 0.284 e. The number of carbonyl (C=O) groups is 2. The molecule has 2 nitrogen and oxygen atoms in total. The fraction of sp³-hybridized carbons (Fsp3) is 0.0833. The summed E-state index contributed by atoms with van der Waals surface area (Å²) in [6.07, 6.45) is -9.86. The maximum Gasteiger partial charge on any atom is 0.454 e. The van der Waals surface area contributed by atoms with Gasteiger partial charge in [0.25, 0.3) is 11.6 Å². The van der Waals surface area contributed by atoms with Crippen LogP contribution in [0.15, 0.2) is 72.8 Å². The van der Waals surface area contributed by atoms with Crippen LogP contribution in [-0.2, 0) is 0 Å². The summed E-state index contributed by atoms with van der Waals surface area (Å²) >= 11 is 2.82. The van der Waals surface area contributed by atoms with Crippen LogP contribution < -0.4 is 0 Å². The molecule has 0 radical (unpaired) electrons. The van der Waals surface area contributed by atoms with Crippen molar-refractivity contribution < 1.29 is 35.9 Å². The molecular formula is C24H12F6O2S2. The number of alkyl halides is 6. The van der Waals surface area contributed by atoms with Crippen molar-refractivity contribution in [2.75, 3.05) is 0 Å². The molecule has 0 N–H and O–H groups in total. The Morgan fingerprint density at radius 2 is 0.765 bits per heavy atom. The van der Waals surface area contributed by atoms with Crippen LogP contribution in [0.3, 0.4) is 0 Å². The maximum atomic E-state index is 12.6. The van der Waals surface area contributed by atoms with Gasteiger partial charge in [0.2, 0.25) is 0 Å².